The molecule has 0 spiro atoms. The van der Waals surface area contributed by atoms with Crippen molar-refractivity contribution < 1.29 is 27.2 Å². The summed E-state index contributed by atoms with van der Waals surface area (Å²) < 4.78 is 53.6. The predicted molar refractivity (Wildman–Crippen MR) is 104 cm³/mol. The van der Waals surface area contributed by atoms with Gasteiger partial charge in [-0.05, 0) is 51.3 Å². The van der Waals surface area contributed by atoms with Crippen LogP contribution in [0.1, 0.15) is 11.1 Å². The molecule has 0 aliphatic carbocycles. The number of thioether (sulfide) groups is 1. The van der Waals surface area contributed by atoms with Crippen molar-refractivity contribution in [3.63, 3.8) is 0 Å². The fraction of sp³-hybridized carbons (Fsp3) is 0.200. The molecule has 26 heavy (non-hydrogen) atoms. The third-order valence-corrected chi connectivity index (χ3v) is 5.57. The number of alkyl halides is 2. The van der Waals surface area contributed by atoms with E-state index in [1.165, 1.54) is 18.2 Å². The van der Waals surface area contributed by atoms with Gasteiger partial charge in [0.1, 0.15) is 11.6 Å². The Labute approximate surface area is 206 Å². The monoisotopic (exact) mass is 486 g/mol. The van der Waals surface area contributed by atoms with Crippen LogP contribution in [0, 0.1) is 5.82 Å². The Kier molecular flexibility index (Phi) is 13.1. The molecular formula is C15H13BrF3Na2O3PS. The van der Waals surface area contributed by atoms with Crippen LogP contribution in [0.2, 0.25) is 0 Å². The zero-order valence-electron chi connectivity index (χ0n) is 14.2. The number of rotatable bonds is 7. The van der Waals surface area contributed by atoms with Crippen LogP contribution in [0.3, 0.4) is 0 Å². The Balaban J connectivity index is 0.00000312. The average Bonchev–Trinajstić information content (AvgIpc) is 2.51. The zero-order chi connectivity index (χ0) is 17.7. The van der Waals surface area contributed by atoms with Gasteiger partial charge in [0.25, 0.3) is 0 Å². The molecule has 0 bridgehead atoms. The standard InChI is InChI=1S/C15H13BrF3O3PS.2Na/c16-13-7-11(3-6-14(13)22-23(20,21)15(18)19)9-24-8-10-1-4-12(17)5-2-10;;/h1-7,15H,8-9H2,(H,20,21);;. The van der Waals surface area contributed by atoms with Crippen LogP contribution in [0.25, 0.3) is 0 Å². The molecule has 0 aliphatic rings. The minimum absolute atomic E-state index is 0. The van der Waals surface area contributed by atoms with E-state index in [-0.39, 0.29) is 70.7 Å². The van der Waals surface area contributed by atoms with E-state index in [0.29, 0.717) is 16.0 Å². The van der Waals surface area contributed by atoms with Crippen molar-refractivity contribution in [3.05, 3.63) is 63.9 Å². The van der Waals surface area contributed by atoms with Gasteiger partial charge in [0.2, 0.25) is 0 Å². The Morgan fingerprint density at radius 1 is 1.08 bits per heavy atom. The number of benzene rings is 2. The maximum atomic E-state index is 12.8. The summed E-state index contributed by atoms with van der Waals surface area (Å²) >= 11 is 4.73. The van der Waals surface area contributed by atoms with Crippen LogP contribution < -0.4 is 4.52 Å². The molecule has 0 saturated heterocycles. The first-order valence-corrected chi connectivity index (χ1v) is 10.3. The third kappa shape index (κ3) is 8.60. The molecule has 0 saturated carbocycles. The van der Waals surface area contributed by atoms with Crippen molar-refractivity contribution in [1.29, 1.82) is 0 Å². The van der Waals surface area contributed by atoms with Crippen LogP contribution in [-0.2, 0) is 16.1 Å². The maximum absolute atomic E-state index is 12.8. The molecule has 0 aliphatic heterocycles. The van der Waals surface area contributed by atoms with Crippen molar-refractivity contribution in [3.8, 4) is 5.75 Å². The fourth-order valence-electron chi connectivity index (χ4n) is 1.76. The second kappa shape index (κ2) is 12.6. The third-order valence-electron chi connectivity index (χ3n) is 2.92. The van der Waals surface area contributed by atoms with E-state index in [1.54, 1.807) is 36.0 Å². The Morgan fingerprint density at radius 2 is 1.62 bits per heavy atom. The first-order chi connectivity index (χ1) is 11.3. The molecule has 132 valence electrons. The molecule has 11 heteroatoms. The van der Waals surface area contributed by atoms with E-state index in [0.717, 1.165) is 11.1 Å². The van der Waals surface area contributed by atoms with Crippen molar-refractivity contribution in [2.75, 3.05) is 0 Å². The van der Waals surface area contributed by atoms with Crippen LogP contribution in [0.15, 0.2) is 46.9 Å². The van der Waals surface area contributed by atoms with Gasteiger partial charge in [-0.1, -0.05) is 18.2 Å². The Bertz CT molecular complexity index is 753. The molecule has 1 N–H and O–H groups in total. The summed E-state index contributed by atoms with van der Waals surface area (Å²) in [5, 5.41) is 0. The van der Waals surface area contributed by atoms with Crippen molar-refractivity contribution >= 4 is 94.4 Å². The molecule has 2 aromatic rings. The van der Waals surface area contributed by atoms with E-state index in [2.05, 4.69) is 20.5 Å². The predicted octanol–water partition coefficient (Wildman–Crippen LogP) is 5.05. The van der Waals surface area contributed by atoms with Gasteiger partial charge in [-0.15, -0.1) is 0 Å². The smallest absolute Gasteiger partial charge is 0.420 e. The van der Waals surface area contributed by atoms with Crippen LogP contribution in [0.5, 0.6) is 5.75 Å². The van der Waals surface area contributed by atoms with Gasteiger partial charge < -0.3 is 9.42 Å². The van der Waals surface area contributed by atoms with Gasteiger partial charge in [-0.2, -0.15) is 20.5 Å². The SMILES string of the molecule is O=P(O)(Oc1ccc(CSCc2ccc(F)cc2)cc1Br)C(F)F.[Na].[Na]. The van der Waals surface area contributed by atoms with Crippen LogP contribution in [0.4, 0.5) is 13.2 Å². The number of hydrogen-bond acceptors (Lipinski definition) is 3. The Hall–Kier alpha value is 1.05. The topological polar surface area (TPSA) is 46.5 Å². The van der Waals surface area contributed by atoms with Crippen LogP contribution in [-0.4, -0.2) is 70.2 Å². The molecule has 2 rings (SSSR count). The minimum atomic E-state index is -4.99. The minimum Gasteiger partial charge on any atom is -0.420 e. The van der Waals surface area contributed by atoms with E-state index >= 15 is 0 Å². The first kappa shape index (κ1) is 27.0. The molecule has 0 fully saturated rings. The van der Waals surface area contributed by atoms with E-state index < -0.39 is 13.8 Å². The Morgan fingerprint density at radius 3 is 2.15 bits per heavy atom. The quantitative estimate of drug-likeness (QED) is 0.439. The molecule has 0 heterocycles. The van der Waals surface area contributed by atoms with Crippen molar-refractivity contribution in [2.45, 2.75) is 17.7 Å². The molecule has 1 atom stereocenters. The average molecular weight is 487 g/mol. The summed E-state index contributed by atoms with van der Waals surface area (Å²) in [6, 6.07) is 10.8. The molecule has 2 aromatic carbocycles. The van der Waals surface area contributed by atoms with Gasteiger partial charge in [-0.3, -0.25) is 0 Å². The molecule has 1 unspecified atom stereocenters. The second-order valence-corrected chi connectivity index (χ2v) is 8.36. The van der Waals surface area contributed by atoms with E-state index in [4.69, 9.17) is 4.89 Å². The van der Waals surface area contributed by atoms with Gasteiger partial charge >= 0.3 is 13.8 Å². The van der Waals surface area contributed by atoms with Crippen molar-refractivity contribution in [2.24, 2.45) is 0 Å². The second-order valence-electron chi connectivity index (χ2n) is 4.82. The summed E-state index contributed by atoms with van der Waals surface area (Å²) in [6.07, 6.45) is -3.46. The summed E-state index contributed by atoms with van der Waals surface area (Å²) in [7, 11) is -4.99. The van der Waals surface area contributed by atoms with Crippen molar-refractivity contribution in [1.82, 2.24) is 0 Å². The number of halogens is 4. The number of hydrogen-bond donors (Lipinski definition) is 1. The fourth-order valence-corrected chi connectivity index (χ4v) is 3.85. The largest absolute Gasteiger partial charge is 0.442 e. The van der Waals surface area contributed by atoms with E-state index in [1.807, 2.05) is 0 Å². The molecule has 2 radical (unpaired) electrons. The van der Waals surface area contributed by atoms with E-state index in [9.17, 15) is 17.7 Å². The summed E-state index contributed by atoms with van der Waals surface area (Å²) in [5.74, 6) is 0.914. The van der Waals surface area contributed by atoms with Gasteiger partial charge in [0.05, 0.1) is 4.47 Å². The summed E-state index contributed by atoms with van der Waals surface area (Å²) in [4.78, 5) is 9.06. The zero-order valence-corrected chi connectivity index (χ0v) is 21.5. The van der Waals surface area contributed by atoms with Gasteiger partial charge in [-0.25, -0.2) is 8.96 Å². The molecule has 0 amide bonds. The first-order valence-electron chi connectivity index (χ1n) is 6.69. The normalized spacial score (nSPS) is 12.7. The van der Waals surface area contributed by atoms with Gasteiger partial charge in [0, 0.05) is 70.6 Å². The maximum Gasteiger partial charge on any atom is 0.442 e. The molecule has 3 nitrogen and oxygen atoms in total. The molecular weight excluding hydrogens is 474 g/mol. The summed E-state index contributed by atoms with van der Waals surface area (Å²) in [6.45, 7) is 0. The molecule has 0 aromatic heterocycles. The van der Waals surface area contributed by atoms with Gasteiger partial charge in [0.15, 0.2) is 0 Å². The van der Waals surface area contributed by atoms with Crippen LogP contribution >= 0.6 is 35.3 Å². The summed E-state index contributed by atoms with van der Waals surface area (Å²) in [5.41, 5.74) is 1.87.